The number of ether oxygens (including phenoxy) is 1. The Morgan fingerprint density at radius 1 is 1.14 bits per heavy atom. The molecule has 0 unspecified atom stereocenters. The van der Waals surface area contributed by atoms with E-state index >= 15 is 0 Å². The van der Waals surface area contributed by atoms with Crippen LogP contribution in [0, 0.1) is 0 Å². The van der Waals surface area contributed by atoms with Gasteiger partial charge in [0.15, 0.2) is 11.3 Å². The van der Waals surface area contributed by atoms with Gasteiger partial charge >= 0.3 is 5.63 Å². The fraction of sp³-hybridized carbons (Fsp3) is 0.280. The van der Waals surface area contributed by atoms with Gasteiger partial charge in [-0.05, 0) is 42.3 Å². The summed E-state index contributed by atoms with van der Waals surface area (Å²) in [6.07, 6.45) is 4.21. The van der Waals surface area contributed by atoms with Crippen LogP contribution in [0.3, 0.4) is 0 Å². The number of carbonyl (C=O) groups is 2. The number of carbonyl (C=O) groups excluding carboxylic acids is 2. The molecule has 2 amide bonds. The highest BCUT2D eigenvalue weighted by atomic mass is 16.5. The predicted octanol–water partition coefficient (Wildman–Crippen LogP) is 2.77. The van der Waals surface area contributed by atoms with E-state index in [0.29, 0.717) is 22.4 Å². The van der Waals surface area contributed by atoms with Gasteiger partial charge in [-0.15, -0.1) is 10.2 Å². The van der Waals surface area contributed by atoms with Crippen LogP contribution in [-0.2, 0) is 11.3 Å². The van der Waals surface area contributed by atoms with E-state index in [4.69, 9.17) is 9.15 Å². The van der Waals surface area contributed by atoms with E-state index in [0.717, 1.165) is 25.7 Å². The molecule has 0 aliphatic heterocycles. The Morgan fingerprint density at radius 3 is 2.75 bits per heavy atom. The number of hydrogen-bond acceptors (Lipinski definition) is 8. The summed E-state index contributed by atoms with van der Waals surface area (Å²) in [5.41, 5.74) is 0.174. The molecule has 1 aliphatic carbocycles. The van der Waals surface area contributed by atoms with Crippen LogP contribution in [0.15, 0.2) is 57.7 Å². The molecule has 0 radical (unpaired) electrons. The molecule has 2 aromatic heterocycles. The molecule has 0 atom stereocenters. The van der Waals surface area contributed by atoms with Crippen LogP contribution < -0.4 is 21.0 Å². The molecular formula is C25H24N6O5. The number of aromatic nitrogens is 4. The number of methoxy groups -OCH3 is 1. The number of rotatable bonds is 7. The Balaban J connectivity index is 1.35. The second-order valence-electron chi connectivity index (χ2n) is 8.52. The monoisotopic (exact) mass is 488 g/mol. The molecule has 11 nitrogen and oxygen atoms in total. The van der Waals surface area contributed by atoms with E-state index in [1.165, 1.54) is 18.0 Å². The van der Waals surface area contributed by atoms with Gasteiger partial charge in [-0.2, -0.15) is 4.80 Å². The van der Waals surface area contributed by atoms with E-state index in [-0.39, 0.29) is 35.5 Å². The zero-order valence-electron chi connectivity index (χ0n) is 19.6. The number of fused-ring (bicyclic) bond motifs is 1. The molecule has 36 heavy (non-hydrogen) atoms. The molecule has 11 heteroatoms. The van der Waals surface area contributed by atoms with Gasteiger partial charge in [0.25, 0.3) is 5.91 Å². The molecule has 0 bridgehead atoms. The Labute approximate surface area is 205 Å². The smallest absolute Gasteiger partial charge is 0.349 e. The van der Waals surface area contributed by atoms with Gasteiger partial charge in [0.05, 0.1) is 12.8 Å². The number of para-hydroxylation sites is 2. The number of anilines is 1. The first-order chi connectivity index (χ1) is 17.5. The highest BCUT2D eigenvalue weighted by Crippen LogP contribution is 2.27. The number of tetrazole rings is 1. The molecule has 5 rings (SSSR count). The number of hydrogen-bond donors (Lipinski definition) is 2. The average Bonchev–Trinajstić information content (AvgIpc) is 3.56. The summed E-state index contributed by atoms with van der Waals surface area (Å²) in [5.74, 6) is -0.195. The standard InChI is InChI=1S/C25H24N6O5/c1-35-20-12-6-7-15-13-18(25(34)36-22(15)20)24(33)27-19-11-5-4-10-17(19)23-28-30-31(29-23)14-21(32)26-16-8-2-3-9-16/h4-7,10-13,16H,2-3,8-9,14H2,1H3,(H,26,32)(H,27,33). The average molecular weight is 489 g/mol. The Hall–Kier alpha value is -4.54. The molecule has 2 N–H and O–H groups in total. The first-order valence-corrected chi connectivity index (χ1v) is 11.6. The van der Waals surface area contributed by atoms with E-state index < -0.39 is 11.5 Å². The second kappa shape index (κ2) is 9.98. The van der Waals surface area contributed by atoms with Crippen LogP contribution in [0.1, 0.15) is 36.0 Å². The summed E-state index contributed by atoms with van der Waals surface area (Å²) < 4.78 is 10.6. The van der Waals surface area contributed by atoms with E-state index in [9.17, 15) is 14.4 Å². The Bertz CT molecular complexity index is 1490. The largest absolute Gasteiger partial charge is 0.493 e. The summed E-state index contributed by atoms with van der Waals surface area (Å²) >= 11 is 0. The third-order valence-electron chi connectivity index (χ3n) is 6.06. The van der Waals surface area contributed by atoms with Crippen LogP contribution in [0.2, 0.25) is 0 Å². The molecule has 1 aliphatic rings. The zero-order valence-corrected chi connectivity index (χ0v) is 19.6. The van der Waals surface area contributed by atoms with Crippen molar-refractivity contribution < 1.29 is 18.7 Å². The fourth-order valence-corrected chi connectivity index (χ4v) is 4.30. The summed E-state index contributed by atoms with van der Waals surface area (Å²) in [6, 6.07) is 13.6. The van der Waals surface area contributed by atoms with Crippen molar-refractivity contribution >= 4 is 28.5 Å². The maximum absolute atomic E-state index is 13.0. The van der Waals surface area contributed by atoms with Crippen molar-refractivity contribution in [1.82, 2.24) is 25.5 Å². The molecule has 0 spiro atoms. The summed E-state index contributed by atoms with van der Waals surface area (Å²) in [6.45, 7) is -0.0559. The van der Waals surface area contributed by atoms with Crippen LogP contribution in [-0.4, -0.2) is 45.2 Å². The Kier molecular flexibility index (Phi) is 6.44. The van der Waals surface area contributed by atoms with Crippen molar-refractivity contribution in [2.75, 3.05) is 12.4 Å². The van der Waals surface area contributed by atoms with Crippen LogP contribution in [0.25, 0.3) is 22.4 Å². The number of nitrogens with one attached hydrogen (secondary N) is 2. The van der Waals surface area contributed by atoms with E-state index in [1.807, 2.05) is 0 Å². The minimum atomic E-state index is -0.792. The number of amides is 2. The normalized spacial score (nSPS) is 13.6. The quantitative estimate of drug-likeness (QED) is 0.378. The van der Waals surface area contributed by atoms with Crippen LogP contribution in [0.5, 0.6) is 5.75 Å². The van der Waals surface area contributed by atoms with Crippen molar-refractivity contribution in [2.45, 2.75) is 38.3 Å². The van der Waals surface area contributed by atoms with Gasteiger partial charge in [-0.25, -0.2) is 4.79 Å². The van der Waals surface area contributed by atoms with Crippen LogP contribution >= 0.6 is 0 Å². The minimum Gasteiger partial charge on any atom is -0.493 e. The molecule has 2 aromatic carbocycles. The molecule has 1 saturated carbocycles. The van der Waals surface area contributed by atoms with Crippen molar-refractivity contribution in [2.24, 2.45) is 0 Å². The van der Waals surface area contributed by atoms with Gasteiger partial charge < -0.3 is 19.8 Å². The van der Waals surface area contributed by atoms with Crippen LogP contribution in [0.4, 0.5) is 5.69 Å². The van der Waals surface area contributed by atoms with Crippen molar-refractivity contribution in [3.8, 4) is 17.1 Å². The molecule has 1 fully saturated rings. The summed E-state index contributed by atoms with van der Waals surface area (Å²) in [4.78, 5) is 39.1. The van der Waals surface area contributed by atoms with Crippen molar-refractivity contribution in [1.29, 1.82) is 0 Å². The lowest BCUT2D eigenvalue weighted by molar-refractivity contribution is -0.122. The lowest BCUT2D eigenvalue weighted by Crippen LogP contribution is -2.35. The van der Waals surface area contributed by atoms with Gasteiger partial charge in [-0.1, -0.05) is 37.1 Å². The second-order valence-corrected chi connectivity index (χ2v) is 8.52. The van der Waals surface area contributed by atoms with Gasteiger partial charge in [0, 0.05) is 17.0 Å². The third kappa shape index (κ3) is 4.81. The van der Waals surface area contributed by atoms with E-state index in [2.05, 4.69) is 26.0 Å². The van der Waals surface area contributed by atoms with Gasteiger partial charge in [0.1, 0.15) is 12.1 Å². The third-order valence-corrected chi connectivity index (χ3v) is 6.06. The minimum absolute atomic E-state index is 0.0559. The first-order valence-electron chi connectivity index (χ1n) is 11.6. The van der Waals surface area contributed by atoms with Gasteiger partial charge in [-0.3, -0.25) is 9.59 Å². The topological polar surface area (TPSA) is 141 Å². The van der Waals surface area contributed by atoms with Gasteiger partial charge in [0.2, 0.25) is 11.7 Å². The zero-order chi connectivity index (χ0) is 25.1. The van der Waals surface area contributed by atoms with Crippen molar-refractivity contribution in [3.05, 3.63) is 64.5 Å². The Morgan fingerprint density at radius 2 is 1.94 bits per heavy atom. The number of nitrogens with zero attached hydrogens (tertiary/aromatic N) is 4. The highest BCUT2D eigenvalue weighted by molar-refractivity contribution is 6.07. The van der Waals surface area contributed by atoms with Crippen molar-refractivity contribution in [3.63, 3.8) is 0 Å². The summed E-state index contributed by atoms with van der Waals surface area (Å²) in [7, 11) is 1.47. The lowest BCUT2D eigenvalue weighted by atomic mass is 10.1. The molecule has 184 valence electrons. The summed E-state index contributed by atoms with van der Waals surface area (Å²) in [5, 5.41) is 18.6. The molecular weight excluding hydrogens is 464 g/mol. The molecule has 0 saturated heterocycles. The molecule has 4 aromatic rings. The first kappa shape index (κ1) is 23.2. The number of benzene rings is 2. The predicted molar refractivity (Wildman–Crippen MR) is 131 cm³/mol. The van der Waals surface area contributed by atoms with E-state index in [1.54, 1.807) is 42.5 Å². The maximum atomic E-state index is 13.0. The highest BCUT2D eigenvalue weighted by Gasteiger charge is 2.20. The fourth-order valence-electron chi connectivity index (χ4n) is 4.30. The SMILES string of the molecule is COc1cccc2cc(C(=O)Nc3ccccc3-c3nnn(CC(=O)NC4CCCC4)n3)c(=O)oc12. The lowest BCUT2D eigenvalue weighted by Gasteiger charge is -2.11. The maximum Gasteiger partial charge on any atom is 0.349 e. The molecule has 2 heterocycles.